The molecule has 34 heavy (non-hydrogen) atoms. The third-order valence-corrected chi connectivity index (χ3v) is 6.42. The minimum atomic E-state index is -0.572. The Morgan fingerprint density at radius 1 is 1.03 bits per heavy atom. The van der Waals surface area contributed by atoms with Crippen molar-refractivity contribution in [1.82, 2.24) is 9.55 Å². The Morgan fingerprint density at radius 2 is 1.79 bits per heavy atom. The van der Waals surface area contributed by atoms with Crippen LogP contribution in [0.1, 0.15) is 10.4 Å². The molecule has 2 heterocycles. The lowest BCUT2D eigenvalue weighted by Crippen LogP contribution is -2.23. The number of benzene rings is 3. The van der Waals surface area contributed by atoms with E-state index in [2.05, 4.69) is 4.99 Å². The zero-order valence-corrected chi connectivity index (χ0v) is 18.9. The van der Waals surface area contributed by atoms with E-state index in [4.69, 9.17) is 9.72 Å². The van der Waals surface area contributed by atoms with E-state index in [0.717, 1.165) is 16.9 Å². The lowest BCUT2D eigenvalue weighted by atomic mass is 10.0. The van der Waals surface area contributed by atoms with Crippen LogP contribution in [0.3, 0.4) is 0 Å². The normalized spacial score (nSPS) is 11.8. The van der Waals surface area contributed by atoms with Gasteiger partial charge in [0, 0.05) is 10.9 Å². The molecule has 0 spiro atoms. The van der Waals surface area contributed by atoms with Gasteiger partial charge in [-0.3, -0.25) is 9.59 Å². The lowest BCUT2D eigenvalue weighted by molar-refractivity contribution is -0.141. The molecule has 6 nitrogen and oxygen atoms in total. The number of pyridine rings is 1. The molecule has 0 fully saturated rings. The molecule has 0 unspecified atom stereocenters. The van der Waals surface area contributed by atoms with Crippen molar-refractivity contribution in [3.63, 3.8) is 0 Å². The van der Waals surface area contributed by atoms with E-state index < -0.39 is 17.7 Å². The number of methoxy groups -OCH3 is 1. The third kappa shape index (κ3) is 3.99. The number of amides is 1. The molecule has 0 aliphatic rings. The summed E-state index contributed by atoms with van der Waals surface area (Å²) >= 11 is 1.13. The minimum absolute atomic E-state index is 0.203. The van der Waals surface area contributed by atoms with Crippen molar-refractivity contribution in [3.8, 4) is 11.3 Å². The first-order chi connectivity index (χ1) is 16.5. The van der Waals surface area contributed by atoms with Crippen LogP contribution in [0, 0.1) is 5.82 Å². The highest BCUT2D eigenvalue weighted by atomic mass is 32.1. The van der Waals surface area contributed by atoms with Crippen LogP contribution in [0.2, 0.25) is 0 Å². The zero-order valence-electron chi connectivity index (χ0n) is 18.1. The molecule has 0 N–H and O–H groups in total. The molecule has 0 bridgehead atoms. The van der Waals surface area contributed by atoms with Gasteiger partial charge in [-0.25, -0.2) is 9.37 Å². The topological polar surface area (TPSA) is 73.6 Å². The number of esters is 1. The Hall–Kier alpha value is -4.17. The summed E-state index contributed by atoms with van der Waals surface area (Å²) in [6.45, 7) is -0.268. The van der Waals surface area contributed by atoms with E-state index in [1.807, 2.05) is 54.6 Å². The van der Waals surface area contributed by atoms with E-state index in [0.29, 0.717) is 26.9 Å². The fourth-order valence-electron chi connectivity index (χ4n) is 3.77. The number of fused-ring (bicyclic) bond motifs is 2. The molecule has 3 aromatic carbocycles. The maximum absolute atomic E-state index is 14.6. The van der Waals surface area contributed by atoms with E-state index in [9.17, 15) is 14.0 Å². The standard InChI is InChI=1S/C26H18FN3O3S/c1-33-23(31)15-30-24-19(27)11-7-13-22(24)34-26(30)29-25(32)18-14-21(16-8-3-2-4-9-16)28-20-12-6-5-10-17(18)20/h2-14H,15H2,1H3. The largest absolute Gasteiger partial charge is 0.468 e. The van der Waals surface area contributed by atoms with Crippen molar-refractivity contribution in [2.24, 2.45) is 4.99 Å². The predicted molar refractivity (Wildman–Crippen MR) is 129 cm³/mol. The summed E-state index contributed by atoms with van der Waals surface area (Å²) in [6, 6.07) is 23.2. The van der Waals surface area contributed by atoms with Gasteiger partial charge in [0.05, 0.1) is 34.1 Å². The summed E-state index contributed by atoms with van der Waals surface area (Å²) in [7, 11) is 1.25. The van der Waals surface area contributed by atoms with Gasteiger partial charge in [0.25, 0.3) is 5.91 Å². The Labute approximate surface area is 197 Å². The van der Waals surface area contributed by atoms with Crippen LogP contribution in [0.5, 0.6) is 0 Å². The number of rotatable bonds is 4. The summed E-state index contributed by atoms with van der Waals surface area (Å²) in [5.41, 5.74) is 2.74. The number of hydrogen-bond acceptors (Lipinski definition) is 5. The molecule has 0 radical (unpaired) electrons. The molecule has 0 saturated heterocycles. The summed E-state index contributed by atoms with van der Waals surface area (Å²) in [5, 5.41) is 0.655. The number of nitrogens with zero attached hydrogens (tertiary/aromatic N) is 3. The molecule has 0 aliphatic heterocycles. The number of ether oxygens (including phenoxy) is 1. The second-order valence-corrected chi connectivity index (χ2v) is 8.50. The van der Waals surface area contributed by atoms with Crippen molar-refractivity contribution in [2.75, 3.05) is 7.11 Å². The second kappa shape index (κ2) is 8.99. The molecule has 5 aromatic rings. The lowest BCUT2D eigenvalue weighted by Gasteiger charge is -2.08. The van der Waals surface area contributed by atoms with Crippen LogP contribution in [-0.2, 0) is 16.1 Å². The van der Waals surface area contributed by atoms with Gasteiger partial charge in [-0.2, -0.15) is 4.99 Å². The maximum Gasteiger partial charge on any atom is 0.325 e. The highest BCUT2D eigenvalue weighted by molar-refractivity contribution is 7.16. The Bertz CT molecular complexity index is 1620. The number of hydrogen-bond donors (Lipinski definition) is 0. The van der Waals surface area contributed by atoms with Crippen molar-refractivity contribution in [1.29, 1.82) is 0 Å². The molecule has 1 amide bonds. The van der Waals surface area contributed by atoms with Gasteiger partial charge in [-0.1, -0.05) is 65.9 Å². The third-order valence-electron chi connectivity index (χ3n) is 5.38. The van der Waals surface area contributed by atoms with Crippen LogP contribution in [0.4, 0.5) is 4.39 Å². The average Bonchev–Trinajstić information content (AvgIpc) is 3.21. The minimum Gasteiger partial charge on any atom is -0.468 e. The molecular formula is C26H18FN3O3S. The Morgan fingerprint density at radius 3 is 2.59 bits per heavy atom. The summed E-state index contributed by atoms with van der Waals surface area (Å²) < 4.78 is 21.3. The van der Waals surface area contributed by atoms with Crippen molar-refractivity contribution in [3.05, 3.63) is 95.0 Å². The van der Waals surface area contributed by atoms with E-state index in [1.165, 1.54) is 17.7 Å². The molecule has 0 atom stereocenters. The molecule has 168 valence electrons. The van der Waals surface area contributed by atoms with Crippen molar-refractivity contribution in [2.45, 2.75) is 6.54 Å². The molecular weight excluding hydrogens is 453 g/mol. The van der Waals surface area contributed by atoms with E-state index in [-0.39, 0.29) is 16.9 Å². The first-order valence-corrected chi connectivity index (χ1v) is 11.3. The van der Waals surface area contributed by atoms with Gasteiger partial charge in [0.15, 0.2) is 4.80 Å². The van der Waals surface area contributed by atoms with Crippen molar-refractivity contribution < 1.29 is 18.7 Å². The SMILES string of the molecule is COC(=O)Cn1c(=NC(=O)c2cc(-c3ccccc3)nc3ccccc23)sc2cccc(F)c21. The van der Waals surface area contributed by atoms with Gasteiger partial charge < -0.3 is 9.30 Å². The first-order valence-electron chi connectivity index (χ1n) is 10.4. The Kier molecular flexibility index (Phi) is 5.73. The van der Waals surface area contributed by atoms with E-state index in [1.54, 1.807) is 18.2 Å². The highest BCUT2D eigenvalue weighted by Gasteiger charge is 2.17. The van der Waals surface area contributed by atoms with Gasteiger partial charge in [-0.15, -0.1) is 0 Å². The van der Waals surface area contributed by atoms with Crippen LogP contribution < -0.4 is 4.80 Å². The van der Waals surface area contributed by atoms with Gasteiger partial charge in [-0.05, 0) is 24.3 Å². The number of para-hydroxylation sites is 2. The summed E-state index contributed by atoms with van der Waals surface area (Å²) in [4.78, 5) is 34.7. The second-order valence-electron chi connectivity index (χ2n) is 7.49. The number of carbonyl (C=O) groups is 2. The molecule has 2 aromatic heterocycles. The monoisotopic (exact) mass is 471 g/mol. The smallest absolute Gasteiger partial charge is 0.325 e. The fourth-order valence-corrected chi connectivity index (χ4v) is 4.81. The van der Waals surface area contributed by atoms with Gasteiger partial charge in [0.2, 0.25) is 0 Å². The average molecular weight is 472 g/mol. The highest BCUT2D eigenvalue weighted by Crippen LogP contribution is 2.26. The van der Waals surface area contributed by atoms with Crippen LogP contribution in [0.25, 0.3) is 32.4 Å². The molecule has 8 heteroatoms. The Balaban J connectivity index is 1.71. The molecule has 0 aliphatic carbocycles. The molecule has 0 saturated carbocycles. The zero-order chi connectivity index (χ0) is 23.7. The number of carbonyl (C=O) groups excluding carboxylic acids is 2. The van der Waals surface area contributed by atoms with Crippen LogP contribution >= 0.6 is 11.3 Å². The maximum atomic E-state index is 14.6. The summed E-state index contributed by atoms with van der Waals surface area (Å²) in [6.07, 6.45) is 0. The van der Waals surface area contributed by atoms with Gasteiger partial charge >= 0.3 is 5.97 Å². The number of thiazole rings is 1. The van der Waals surface area contributed by atoms with Crippen LogP contribution in [0.15, 0.2) is 83.9 Å². The first kappa shape index (κ1) is 21.7. The summed E-state index contributed by atoms with van der Waals surface area (Å²) in [5.74, 6) is -1.59. The quantitative estimate of drug-likeness (QED) is 0.347. The number of halogens is 1. The fraction of sp³-hybridized carbons (Fsp3) is 0.0769. The number of aromatic nitrogens is 2. The van der Waals surface area contributed by atoms with Crippen LogP contribution in [-0.4, -0.2) is 28.5 Å². The predicted octanol–water partition coefficient (Wildman–Crippen LogP) is 4.97. The van der Waals surface area contributed by atoms with Crippen molar-refractivity contribution >= 4 is 44.3 Å². The molecule has 5 rings (SSSR count). The van der Waals surface area contributed by atoms with E-state index >= 15 is 0 Å². The van der Waals surface area contributed by atoms with Gasteiger partial charge in [0.1, 0.15) is 12.4 Å².